The van der Waals surface area contributed by atoms with Gasteiger partial charge in [0, 0.05) is 16.7 Å². The average molecular weight is 638 g/mol. The van der Waals surface area contributed by atoms with Crippen LogP contribution in [0, 0.1) is 0 Å². The molecule has 0 amide bonds. The molecule has 0 aliphatic carbocycles. The lowest BCUT2D eigenvalue weighted by atomic mass is 9.90. The fourth-order valence-corrected chi connectivity index (χ4v) is 6.92. The van der Waals surface area contributed by atoms with E-state index in [0.717, 1.165) is 33.0 Å². The fourth-order valence-electron chi connectivity index (χ4n) is 6.92. The second kappa shape index (κ2) is 12.7. The molecule has 0 N–H and O–H groups in total. The van der Waals surface area contributed by atoms with Crippen LogP contribution >= 0.6 is 0 Å². The maximum absolute atomic E-state index is 5.03. The fraction of sp³-hybridized carbons (Fsp3) is 0. The zero-order valence-electron chi connectivity index (χ0n) is 27.2. The standard InChI is InChI=1S/C47H31N3/c1-4-14-32(15-5-1)37-28-29-38(41-21-11-10-20-40(37)41)33-24-26-34(27-25-33)39-30-31-44(43-23-13-12-22-42(39)43)47-49-45(35-16-6-2-7-17-35)48-46(50-47)36-18-8-3-9-19-36/h1-31H. The first-order valence-electron chi connectivity index (χ1n) is 16.9. The molecule has 234 valence electrons. The third-order valence-electron chi connectivity index (χ3n) is 9.38. The summed E-state index contributed by atoms with van der Waals surface area (Å²) in [6, 6.07) is 65.9. The van der Waals surface area contributed by atoms with E-state index in [1.165, 1.54) is 38.6 Å². The number of hydrogen-bond acceptors (Lipinski definition) is 3. The highest BCUT2D eigenvalue weighted by molar-refractivity contribution is 6.06. The Kier molecular flexibility index (Phi) is 7.49. The molecular weight excluding hydrogens is 607 g/mol. The average Bonchev–Trinajstić information content (AvgIpc) is 3.21. The van der Waals surface area contributed by atoms with Crippen LogP contribution in [0.3, 0.4) is 0 Å². The van der Waals surface area contributed by atoms with Gasteiger partial charge in [0.25, 0.3) is 0 Å². The molecule has 1 aromatic heterocycles. The maximum Gasteiger partial charge on any atom is 0.164 e. The van der Waals surface area contributed by atoms with Crippen molar-refractivity contribution < 1.29 is 0 Å². The van der Waals surface area contributed by atoms with Crippen LogP contribution in [0.5, 0.6) is 0 Å². The molecule has 50 heavy (non-hydrogen) atoms. The van der Waals surface area contributed by atoms with Crippen molar-refractivity contribution >= 4 is 21.5 Å². The van der Waals surface area contributed by atoms with E-state index in [1.807, 2.05) is 60.7 Å². The lowest BCUT2D eigenvalue weighted by molar-refractivity contribution is 1.08. The van der Waals surface area contributed by atoms with Gasteiger partial charge in [-0.15, -0.1) is 0 Å². The molecule has 3 nitrogen and oxygen atoms in total. The van der Waals surface area contributed by atoms with E-state index in [0.29, 0.717) is 17.5 Å². The Morgan fingerprint density at radius 3 is 0.880 bits per heavy atom. The lowest BCUT2D eigenvalue weighted by Gasteiger charge is -2.14. The van der Waals surface area contributed by atoms with Gasteiger partial charge in [0.2, 0.25) is 0 Å². The topological polar surface area (TPSA) is 38.7 Å². The van der Waals surface area contributed by atoms with Crippen LogP contribution in [0.1, 0.15) is 0 Å². The molecule has 0 unspecified atom stereocenters. The van der Waals surface area contributed by atoms with Crippen molar-refractivity contribution in [1.82, 2.24) is 15.0 Å². The molecule has 0 atom stereocenters. The Bertz CT molecular complexity index is 2560. The number of fused-ring (bicyclic) bond motifs is 2. The van der Waals surface area contributed by atoms with Crippen molar-refractivity contribution in [3.63, 3.8) is 0 Å². The summed E-state index contributed by atoms with van der Waals surface area (Å²) in [5.74, 6) is 1.96. The minimum Gasteiger partial charge on any atom is -0.208 e. The first-order valence-corrected chi connectivity index (χ1v) is 16.9. The molecule has 0 aliphatic rings. The normalized spacial score (nSPS) is 11.2. The van der Waals surface area contributed by atoms with Gasteiger partial charge in [-0.25, -0.2) is 15.0 Å². The largest absolute Gasteiger partial charge is 0.208 e. The predicted octanol–water partition coefficient (Wildman–Crippen LogP) is 12.2. The summed E-state index contributed by atoms with van der Waals surface area (Å²) in [5.41, 5.74) is 10.1. The van der Waals surface area contributed by atoms with Crippen LogP contribution < -0.4 is 0 Å². The van der Waals surface area contributed by atoms with Crippen molar-refractivity contribution in [2.45, 2.75) is 0 Å². The van der Waals surface area contributed by atoms with E-state index in [9.17, 15) is 0 Å². The Morgan fingerprint density at radius 1 is 0.200 bits per heavy atom. The summed E-state index contributed by atoms with van der Waals surface area (Å²) in [7, 11) is 0. The highest BCUT2D eigenvalue weighted by Gasteiger charge is 2.16. The van der Waals surface area contributed by atoms with Crippen molar-refractivity contribution in [2.75, 3.05) is 0 Å². The van der Waals surface area contributed by atoms with E-state index in [-0.39, 0.29) is 0 Å². The van der Waals surface area contributed by atoms with Gasteiger partial charge in [-0.05, 0) is 61.0 Å². The lowest BCUT2D eigenvalue weighted by Crippen LogP contribution is -2.00. The van der Waals surface area contributed by atoms with Crippen LogP contribution in [0.4, 0.5) is 0 Å². The van der Waals surface area contributed by atoms with Gasteiger partial charge in [0.05, 0.1) is 0 Å². The van der Waals surface area contributed by atoms with Gasteiger partial charge in [0.15, 0.2) is 17.5 Å². The van der Waals surface area contributed by atoms with Crippen LogP contribution in [-0.4, -0.2) is 15.0 Å². The van der Waals surface area contributed by atoms with Crippen LogP contribution in [0.25, 0.3) is 89.1 Å². The van der Waals surface area contributed by atoms with E-state index in [2.05, 4.69) is 127 Å². The summed E-state index contributed by atoms with van der Waals surface area (Å²) >= 11 is 0. The molecule has 0 fully saturated rings. The SMILES string of the molecule is c1ccc(-c2nc(-c3ccccc3)nc(-c3ccc(-c4ccc(-c5ccc(-c6ccccc6)c6ccccc56)cc4)c4ccccc34)n2)cc1. The van der Waals surface area contributed by atoms with Crippen LogP contribution in [0.15, 0.2) is 188 Å². The summed E-state index contributed by atoms with van der Waals surface area (Å²) in [5, 5.41) is 4.75. The van der Waals surface area contributed by atoms with E-state index in [1.54, 1.807) is 0 Å². The molecule has 0 bridgehead atoms. The van der Waals surface area contributed by atoms with Crippen LogP contribution in [-0.2, 0) is 0 Å². The molecule has 9 aromatic rings. The summed E-state index contributed by atoms with van der Waals surface area (Å²) < 4.78 is 0. The molecule has 0 saturated heterocycles. The van der Waals surface area contributed by atoms with Gasteiger partial charge in [-0.1, -0.05) is 182 Å². The smallest absolute Gasteiger partial charge is 0.164 e. The summed E-state index contributed by atoms with van der Waals surface area (Å²) in [4.78, 5) is 14.9. The number of nitrogens with zero attached hydrogens (tertiary/aromatic N) is 3. The first-order chi connectivity index (χ1) is 24.8. The second-order valence-corrected chi connectivity index (χ2v) is 12.4. The number of benzene rings is 8. The summed E-state index contributed by atoms with van der Waals surface area (Å²) in [6.07, 6.45) is 0. The number of rotatable bonds is 6. The first kappa shape index (κ1) is 29.4. The molecule has 9 rings (SSSR count). The van der Waals surface area contributed by atoms with Gasteiger partial charge >= 0.3 is 0 Å². The van der Waals surface area contributed by atoms with Gasteiger partial charge in [-0.3, -0.25) is 0 Å². The van der Waals surface area contributed by atoms with E-state index in [4.69, 9.17) is 15.0 Å². The minimum atomic E-state index is 0.654. The maximum atomic E-state index is 5.03. The van der Waals surface area contributed by atoms with Crippen molar-refractivity contribution in [3.05, 3.63) is 188 Å². The molecule has 0 radical (unpaired) electrons. The van der Waals surface area contributed by atoms with Gasteiger partial charge in [0.1, 0.15) is 0 Å². The second-order valence-electron chi connectivity index (χ2n) is 12.4. The molecule has 0 spiro atoms. The van der Waals surface area contributed by atoms with Gasteiger partial charge in [-0.2, -0.15) is 0 Å². The van der Waals surface area contributed by atoms with Crippen molar-refractivity contribution in [3.8, 4) is 67.5 Å². The Morgan fingerprint density at radius 2 is 0.480 bits per heavy atom. The predicted molar refractivity (Wildman–Crippen MR) is 207 cm³/mol. The molecular formula is C47H31N3. The highest BCUT2D eigenvalue weighted by Crippen LogP contribution is 2.39. The minimum absolute atomic E-state index is 0.654. The third-order valence-corrected chi connectivity index (χ3v) is 9.38. The molecule has 0 saturated carbocycles. The molecule has 1 heterocycles. The Labute approximate surface area is 291 Å². The molecule has 8 aromatic carbocycles. The van der Waals surface area contributed by atoms with E-state index < -0.39 is 0 Å². The Hall–Kier alpha value is -6.71. The highest BCUT2D eigenvalue weighted by atomic mass is 15.0. The van der Waals surface area contributed by atoms with Gasteiger partial charge < -0.3 is 0 Å². The zero-order chi connectivity index (χ0) is 33.3. The zero-order valence-corrected chi connectivity index (χ0v) is 27.2. The van der Waals surface area contributed by atoms with Crippen molar-refractivity contribution in [2.24, 2.45) is 0 Å². The van der Waals surface area contributed by atoms with E-state index >= 15 is 0 Å². The van der Waals surface area contributed by atoms with Crippen LogP contribution in [0.2, 0.25) is 0 Å². The molecule has 0 aliphatic heterocycles. The van der Waals surface area contributed by atoms with Crippen molar-refractivity contribution in [1.29, 1.82) is 0 Å². The quantitative estimate of drug-likeness (QED) is 0.182. The number of hydrogen-bond donors (Lipinski definition) is 0. The molecule has 3 heteroatoms. The number of aromatic nitrogens is 3. The monoisotopic (exact) mass is 637 g/mol. The summed E-state index contributed by atoms with van der Waals surface area (Å²) in [6.45, 7) is 0. The Balaban J connectivity index is 1.13. The third kappa shape index (κ3) is 5.41.